The molecule has 2 saturated carbocycles. The fraction of sp³-hybridized carbons (Fsp3) is 0.314. The topological polar surface area (TPSA) is 178 Å². The van der Waals surface area contributed by atoms with Gasteiger partial charge in [-0.15, -0.1) is 11.8 Å². The summed E-state index contributed by atoms with van der Waals surface area (Å²) < 4.78 is 35.0. The highest BCUT2D eigenvalue weighted by molar-refractivity contribution is 8.00. The van der Waals surface area contributed by atoms with Gasteiger partial charge in [0.25, 0.3) is 5.91 Å². The number of hydrogen-bond acceptors (Lipinski definition) is 10. The van der Waals surface area contributed by atoms with Crippen LogP contribution in [0, 0.1) is 29.6 Å². The van der Waals surface area contributed by atoms with E-state index >= 15 is 0 Å². The van der Waals surface area contributed by atoms with E-state index in [1.165, 1.54) is 29.2 Å². The lowest BCUT2D eigenvalue weighted by Crippen LogP contribution is -2.42. The largest absolute Gasteiger partial charge is 0.490 e. The number of aromatic amines is 1. The summed E-state index contributed by atoms with van der Waals surface area (Å²) in [5, 5.41) is 9.13. The summed E-state index contributed by atoms with van der Waals surface area (Å²) in [5.41, 5.74) is 1.77. The SMILES string of the molecule is CCOc1cc([C@@H]2c3sc(=O)[nH]c3S[C@@H]3[C@@H]4C[C@@H]([C@@H]5C(=O)N(c6ccc(Cl)cc6)C(=O)[C@@H]45)[C@H]23)ccc1OCC(=O)Nc1ccc(S(N)(=O)=O)cc1. The molecule has 7 atom stereocenters. The normalized spacial score (nSPS) is 26.1. The second-order valence-corrected chi connectivity index (χ2v) is 17.2. The molecular formula is C35H31ClN4O8S3. The number of thioether (sulfide) groups is 1. The summed E-state index contributed by atoms with van der Waals surface area (Å²) in [6.07, 6.45) is 0.749. The minimum atomic E-state index is -3.86. The van der Waals surface area contributed by atoms with Gasteiger partial charge in [-0.05, 0) is 97.3 Å². The van der Waals surface area contributed by atoms with Gasteiger partial charge in [0, 0.05) is 26.8 Å². The number of halogens is 1. The van der Waals surface area contributed by atoms with E-state index in [0.29, 0.717) is 34.5 Å². The van der Waals surface area contributed by atoms with E-state index in [9.17, 15) is 27.6 Å². The third-order valence-electron chi connectivity index (χ3n) is 10.3. The van der Waals surface area contributed by atoms with Crippen molar-refractivity contribution in [1.82, 2.24) is 4.98 Å². The molecule has 2 aliphatic carbocycles. The van der Waals surface area contributed by atoms with E-state index in [2.05, 4.69) is 10.3 Å². The molecule has 3 fully saturated rings. The van der Waals surface area contributed by atoms with Crippen molar-refractivity contribution in [2.24, 2.45) is 34.7 Å². The molecule has 12 nitrogen and oxygen atoms in total. The number of thiazole rings is 1. The van der Waals surface area contributed by atoms with Crippen molar-refractivity contribution in [2.75, 3.05) is 23.4 Å². The predicted molar refractivity (Wildman–Crippen MR) is 192 cm³/mol. The first-order chi connectivity index (χ1) is 24.4. The quantitative estimate of drug-likeness (QED) is 0.201. The Morgan fingerprint density at radius 2 is 1.69 bits per heavy atom. The van der Waals surface area contributed by atoms with Crippen molar-refractivity contribution in [3.63, 3.8) is 0 Å². The number of nitrogens with zero attached hydrogens (tertiary/aromatic N) is 1. The van der Waals surface area contributed by atoms with Crippen molar-refractivity contribution in [2.45, 2.75) is 34.4 Å². The number of amides is 3. The zero-order valence-corrected chi connectivity index (χ0v) is 30.1. The van der Waals surface area contributed by atoms with Crippen molar-refractivity contribution in [1.29, 1.82) is 0 Å². The van der Waals surface area contributed by atoms with E-state index in [1.54, 1.807) is 42.1 Å². The van der Waals surface area contributed by atoms with Crippen LogP contribution in [-0.2, 0) is 24.4 Å². The first-order valence-corrected chi connectivity index (χ1v) is 19.9. The number of rotatable bonds is 9. The molecule has 3 aromatic carbocycles. The summed E-state index contributed by atoms with van der Waals surface area (Å²) in [4.78, 5) is 58.4. The van der Waals surface area contributed by atoms with Gasteiger partial charge in [-0.25, -0.2) is 13.6 Å². The molecule has 8 rings (SSSR count). The molecule has 4 aromatic rings. The van der Waals surface area contributed by atoms with E-state index in [1.807, 2.05) is 19.1 Å². The Morgan fingerprint density at radius 1 is 0.980 bits per heavy atom. The zero-order chi connectivity index (χ0) is 35.8. The number of H-pyrrole nitrogens is 1. The molecule has 0 unspecified atom stereocenters. The second kappa shape index (κ2) is 12.8. The van der Waals surface area contributed by atoms with Crippen LogP contribution in [0.4, 0.5) is 11.4 Å². The number of benzene rings is 3. The molecule has 0 spiro atoms. The van der Waals surface area contributed by atoms with Crippen LogP contribution in [0.1, 0.15) is 29.7 Å². The summed E-state index contributed by atoms with van der Waals surface area (Å²) in [5.74, 6) is -1.33. The highest BCUT2D eigenvalue weighted by Gasteiger charge is 2.69. The van der Waals surface area contributed by atoms with Gasteiger partial charge in [0.05, 0.1) is 34.1 Å². The number of primary sulfonamides is 1. The van der Waals surface area contributed by atoms with Crippen LogP contribution in [0.2, 0.25) is 5.02 Å². The standard InChI is InChI=1S/C35H31ClN4O8S3/c1-2-47-24-13-16(3-12-23(24)48-15-25(41)38-18-6-10-20(11-7-18)51(37,45)46)26-27-21-14-22(30(27)49-32-31(26)50-35(44)39-32)29-28(21)33(42)40(34(29)43)19-8-4-17(36)5-9-19/h3-13,21-22,26-30H,2,14-15H2,1H3,(H,38,41)(H,39,44)(H2,37,45,46)/t21-,22-,26+,27-,28+,29+,30-/m1/s1. The van der Waals surface area contributed by atoms with E-state index in [0.717, 1.165) is 33.2 Å². The summed E-state index contributed by atoms with van der Waals surface area (Å²) in [7, 11) is -3.86. The Hall–Kier alpha value is -4.15. The van der Waals surface area contributed by atoms with Crippen LogP contribution in [0.25, 0.3) is 0 Å². The van der Waals surface area contributed by atoms with Gasteiger partial charge in [0.1, 0.15) is 0 Å². The summed E-state index contributed by atoms with van der Waals surface area (Å²) >= 11 is 8.87. The highest BCUT2D eigenvalue weighted by Crippen LogP contribution is 2.68. The number of imide groups is 1. The molecule has 1 aromatic heterocycles. The Labute approximate surface area is 305 Å². The number of hydrogen-bond donors (Lipinski definition) is 3. The van der Waals surface area contributed by atoms with E-state index < -0.39 is 27.8 Å². The minimum absolute atomic E-state index is 0.00936. The van der Waals surface area contributed by atoms with Gasteiger partial charge < -0.3 is 19.8 Å². The molecule has 4 N–H and O–H groups in total. The lowest BCUT2D eigenvalue weighted by Gasteiger charge is -2.43. The fourth-order valence-corrected chi connectivity index (χ4v) is 11.9. The molecule has 2 bridgehead atoms. The average Bonchev–Trinajstić information content (AvgIpc) is 3.83. The van der Waals surface area contributed by atoms with Gasteiger partial charge in [-0.1, -0.05) is 29.0 Å². The third kappa shape index (κ3) is 5.84. The number of nitrogens with one attached hydrogen (secondary N) is 2. The third-order valence-corrected chi connectivity index (χ3v) is 14.0. The van der Waals surface area contributed by atoms with Crippen molar-refractivity contribution in [3.8, 4) is 11.5 Å². The number of aromatic nitrogens is 1. The van der Waals surface area contributed by atoms with Gasteiger partial charge in [0.15, 0.2) is 18.1 Å². The van der Waals surface area contributed by atoms with E-state index in [4.69, 9.17) is 26.2 Å². The Balaban J connectivity index is 1.07. The van der Waals surface area contributed by atoms with Crippen molar-refractivity contribution < 1.29 is 32.3 Å². The molecule has 1 saturated heterocycles. The molecule has 51 heavy (non-hydrogen) atoms. The molecule has 4 aliphatic rings. The fourth-order valence-electron chi connectivity index (χ4n) is 8.41. The van der Waals surface area contributed by atoms with Crippen LogP contribution in [-0.4, -0.2) is 49.6 Å². The first-order valence-electron chi connectivity index (χ1n) is 16.3. The van der Waals surface area contributed by atoms with Crippen LogP contribution in [0.15, 0.2) is 81.4 Å². The minimum Gasteiger partial charge on any atom is -0.490 e. The van der Waals surface area contributed by atoms with Crippen LogP contribution < -0.4 is 29.7 Å². The molecule has 0 radical (unpaired) electrons. The number of nitrogens with two attached hydrogens (primary N) is 1. The van der Waals surface area contributed by atoms with E-state index in [-0.39, 0.29) is 57.1 Å². The average molecular weight is 767 g/mol. The van der Waals surface area contributed by atoms with Crippen LogP contribution >= 0.6 is 34.7 Å². The number of fused-ring (bicyclic) bond motifs is 9. The molecular weight excluding hydrogens is 736 g/mol. The second-order valence-electron chi connectivity index (χ2n) is 13.0. The lowest BCUT2D eigenvalue weighted by molar-refractivity contribution is -0.123. The number of carbonyl (C=O) groups excluding carboxylic acids is 3. The number of sulfonamides is 1. The van der Waals surface area contributed by atoms with Crippen molar-refractivity contribution in [3.05, 3.63) is 91.9 Å². The maximum Gasteiger partial charge on any atom is 0.305 e. The smallest absolute Gasteiger partial charge is 0.305 e. The summed E-state index contributed by atoms with van der Waals surface area (Å²) in [6.45, 7) is 1.81. The van der Waals surface area contributed by atoms with Gasteiger partial charge in [-0.3, -0.25) is 24.1 Å². The maximum absolute atomic E-state index is 14.0. The van der Waals surface area contributed by atoms with Crippen LogP contribution in [0.5, 0.6) is 11.5 Å². The van der Waals surface area contributed by atoms with Gasteiger partial charge in [-0.2, -0.15) is 0 Å². The molecule has 3 amide bonds. The van der Waals surface area contributed by atoms with Crippen molar-refractivity contribution >= 4 is 73.8 Å². The number of ether oxygens (including phenoxy) is 2. The molecule has 264 valence electrons. The zero-order valence-electron chi connectivity index (χ0n) is 26.9. The first kappa shape index (κ1) is 34.0. The molecule has 3 heterocycles. The maximum atomic E-state index is 14.0. The Kier molecular flexibility index (Phi) is 8.53. The van der Waals surface area contributed by atoms with Crippen LogP contribution in [0.3, 0.4) is 0 Å². The number of anilines is 2. The van der Waals surface area contributed by atoms with Gasteiger partial charge >= 0.3 is 4.87 Å². The monoisotopic (exact) mass is 766 g/mol. The number of carbonyl (C=O) groups is 3. The molecule has 16 heteroatoms. The molecule has 2 aliphatic heterocycles. The predicted octanol–water partition coefficient (Wildman–Crippen LogP) is 4.83. The van der Waals surface area contributed by atoms with Gasteiger partial charge in [0.2, 0.25) is 21.8 Å². The highest BCUT2D eigenvalue weighted by atomic mass is 35.5. The Morgan fingerprint density at radius 3 is 2.37 bits per heavy atom. The summed E-state index contributed by atoms with van der Waals surface area (Å²) in [6, 6.07) is 17.7. The lowest BCUT2D eigenvalue weighted by atomic mass is 9.68. The Bertz CT molecular complexity index is 2240.